The number of hydrogen-bond donors (Lipinski definition) is 1. The van der Waals surface area contributed by atoms with E-state index in [0.717, 1.165) is 12.1 Å². The number of aromatic nitrogens is 2. The van der Waals surface area contributed by atoms with E-state index in [1.165, 1.54) is 18.0 Å². The van der Waals surface area contributed by atoms with E-state index in [-0.39, 0.29) is 37.6 Å². The predicted molar refractivity (Wildman–Crippen MR) is 105 cm³/mol. The molecule has 0 aliphatic carbocycles. The summed E-state index contributed by atoms with van der Waals surface area (Å²) in [6.45, 7) is 0.924. The second-order valence-corrected chi connectivity index (χ2v) is 7.05. The Labute approximate surface area is 176 Å². The van der Waals surface area contributed by atoms with E-state index in [1.807, 2.05) is 0 Å². The van der Waals surface area contributed by atoms with Gasteiger partial charge in [0.1, 0.15) is 6.04 Å². The van der Waals surface area contributed by atoms with Crippen molar-refractivity contribution in [3.05, 3.63) is 48.0 Å². The van der Waals surface area contributed by atoms with E-state index in [4.69, 9.17) is 5.26 Å². The Kier molecular flexibility index (Phi) is 6.48. The van der Waals surface area contributed by atoms with Crippen LogP contribution in [0.15, 0.2) is 36.9 Å². The summed E-state index contributed by atoms with van der Waals surface area (Å²) < 4.78 is 41.9. The van der Waals surface area contributed by atoms with Crippen molar-refractivity contribution in [3.63, 3.8) is 0 Å². The lowest BCUT2D eigenvalue weighted by Crippen LogP contribution is -2.60. The van der Waals surface area contributed by atoms with E-state index in [2.05, 4.69) is 10.3 Å². The molecule has 0 spiro atoms. The number of hydrogen-bond acceptors (Lipinski definition) is 5. The molecule has 1 unspecified atom stereocenters. The third kappa shape index (κ3) is 4.96. The van der Waals surface area contributed by atoms with Crippen molar-refractivity contribution in [2.24, 2.45) is 0 Å². The van der Waals surface area contributed by atoms with Crippen LogP contribution < -0.4 is 10.2 Å². The fourth-order valence-electron chi connectivity index (χ4n) is 3.55. The van der Waals surface area contributed by atoms with Gasteiger partial charge >= 0.3 is 6.18 Å². The number of likely N-dealkylation sites (N-methyl/N-ethyl adjacent to an activating group) is 1. The molecule has 2 heterocycles. The zero-order chi connectivity index (χ0) is 22.6. The van der Waals surface area contributed by atoms with Crippen molar-refractivity contribution in [2.45, 2.75) is 25.2 Å². The van der Waals surface area contributed by atoms with Crippen LogP contribution >= 0.6 is 0 Å². The lowest BCUT2D eigenvalue weighted by Gasteiger charge is -2.42. The summed E-state index contributed by atoms with van der Waals surface area (Å²) in [7, 11) is 1.43. The zero-order valence-corrected chi connectivity index (χ0v) is 16.8. The molecule has 31 heavy (non-hydrogen) atoms. The number of nitrogens with zero attached hydrogens (tertiary/aromatic N) is 5. The molecule has 0 radical (unpaired) electrons. The summed E-state index contributed by atoms with van der Waals surface area (Å²) in [6, 6.07) is 4.06. The van der Waals surface area contributed by atoms with Crippen molar-refractivity contribution in [1.29, 1.82) is 5.26 Å². The molecule has 1 aromatic carbocycles. The Morgan fingerprint density at radius 3 is 2.71 bits per heavy atom. The van der Waals surface area contributed by atoms with Crippen molar-refractivity contribution in [2.75, 3.05) is 31.6 Å². The van der Waals surface area contributed by atoms with E-state index in [1.54, 1.807) is 34.3 Å². The van der Waals surface area contributed by atoms with Crippen molar-refractivity contribution >= 4 is 17.5 Å². The number of anilines is 1. The Balaban J connectivity index is 1.80. The largest absolute Gasteiger partial charge is 0.417 e. The van der Waals surface area contributed by atoms with Gasteiger partial charge in [-0.1, -0.05) is 0 Å². The highest BCUT2D eigenvalue weighted by molar-refractivity contribution is 5.87. The first-order valence-corrected chi connectivity index (χ1v) is 9.57. The summed E-state index contributed by atoms with van der Waals surface area (Å²) in [5.74, 6) is -0.567. The number of carbonyl (C=O) groups excluding carboxylic acids is 2. The quantitative estimate of drug-likeness (QED) is 0.772. The minimum atomic E-state index is -4.70. The first-order chi connectivity index (χ1) is 14.7. The standard InChI is InChI=1S/C20H21F3N6O2/c1-25-19(31)17-12-28(18(30)4-6-27-7-5-26-13-27)8-9-29(17)15-3-2-14(11-24)16(10-15)20(21,22)23/h2-3,5,7,10,13,17H,4,6,8-9,12H2,1H3,(H,25,31). The van der Waals surface area contributed by atoms with Gasteiger partial charge < -0.3 is 19.7 Å². The lowest BCUT2D eigenvalue weighted by atomic mass is 10.0. The highest BCUT2D eigenvalue weighted by Crippen LogP contribution is 2.35. The van der Waals surface area contributed by atoms with E-state index in [9.17, 15) is 22.8 Å². The molecule has 1 aromatic heterocycles. The Bertz CT molecular complexity index is 984. The molecule has 1 N–H and O–H groups in total. The molecule has 3 rings (SSSR count). The molecule has 0 bridgehead atoms. The highest BCUT2D eigenvalue weighted by Gasteiger charge is 2.37. The van der Waals surface area contributed by atoms with E-state index in [0.29, 0.717) is 6.54 Å². The first kappa shape index (κ1) is 22.1. The maximum atomic E-state index is 13.4. The van der Waals surface area contributed by atoms with Gasteiger partial charge in [-0.3, -0.25) is 9.59 Å². The zero-order valence-electron chi connectivity index (χ0n) is 16.8. The third-order valence-corrected chi connectivity index (χ3v) is 5.19. The molecule has 1 saturated heterocycles. The lowest BCUT2D eigenvalue weighted by molar-refractivity contribution is -0.137. The van der Waals surface area contributed by atoms with Crippen molar-refractivity contribution in [1.82, 2.24) is 19.8 Å². The monoisotopic (exact) mass is 434 g/mol. The SMILES string of the molecule is CNC(=O)C1CN(C(=O)CCn2ccnc2)CCN1c1ccc(C#N)c(C(F)(F)F)c1. The van der Waals surface area contributed by atoms with Crippen molar-refractivity contribution in [3.8, 4) is 6.07 Å². The number of carbonyl (C=O) groups is 2. The number of halogens is 3. The molecule has 2 amide bonds. The minimum Gasteiger partial charge on any atom is -0.357 e. The van der Waals surface area contributed by atoms with Crippen LogP contribution in [0.3, 0.4) is 0 Å². The van der Waals surface area contributed by atoms with Crippen LogP contribution in [0.2, 0.25) is 0 Å². The summed E-state index contributed by atoms with van der Waals surface area (Å²) in [6.07, 6.45) is 0.460. The molecule has 164 valence electrons. The van der Waals surface area contributed by atoms with Crippen LogP contribution in [0.4, 0.5) is 18.9 Å². The van der Waals surface area contributed by atoms with Crippen LogP contribution in [0.5, 0.6) is 0 Å². The number of alkyl halides is 3. The van der Waals surface area contributed by atoms with Gasteiger partial charge in [0.15, 0.2) is 0 Å². The average molecular weight is 434 g/mol. The number of benzene rings is 1. The number of nitrogens with one attached hydrogen (secondary N) is 1. The maximum absolute atomic E-state index is 13.4. The molecule has 1 atom stereocenters. The van der Waals surface area contributed by atoms with Gasteiger partial charge in [0, 0.05) is 51.2 Å². The Morgan fingerprint density at radius 1 is 1.32 bits per heavy atom. The molecule has 0 saturated carbocycles. The van der Waals surface area contributed by atoms with Gasteiger partial charge in [0.2, 0.25) is 11.8 Å². The molecular weight excluding hydrogens is 413 g/mol. The number of piperazine rings is 1. The van der Waals surface area contributed by atoms with Crippen LogP contribution in [-0.4, -0.2) is 59.0 Å². The van der Waals surface area contributed by atoms with Crippen LogP contribution in [0.25, 0.3) is 0 Å². The van der Waals surface area contributed by atoms with Crippen LogP contribution in [0, 0.1) is 11.3 Å². The van der Waals surface area contributed by atoms with Gasteiger partial charge in [0.05, 0.1) is 30.1 Å². The number of aryl methyl sites for hydroxylation is 1. The summed E-state index contributed by atoms with van der Waals surface area (Å²) in [5, 5.41) is 11.5. The topological polar surface area (TPSA) is 94.3 Å². The number of rotatable bonds is 5. The summed E-state index contributed by atoms with van der Waals surface area (Å²) in [5.41, 5.74) is -1.37. The van der Waals surface area contributed by atoms with Gasteiger partial charge in [-0.2, -0.15) is 18.4 Å². The fourth-order valence-corrected chi connectivity index (χ4v) is 3.55. The molecule has 1 aliphatic heterocycles. The summed E-state index contributed by atoms with van der Waals surface area (Å²) >= 11 is 0. The Morgan fingerprint density at radius 2 is 2.10 bits per heavy atom. The normalized spacial score (nSPS) is 16.7. The van der Waals surface area contributed by atoms with Gasteiger partial charge in [-0.15, -0.1) is 0 Å². The molecule has 1 fully saturated rings. The number of amides is 2. The maximum Gasteiger partial charge on any atom is 0.417 e. The Hall–Kier alpha value is -3.55. The predicted octanol–water partition coefficient (Wildman–Crippen LogP) is 1.63. The van der Waals surface area contributed by atoms with E-state index >= 15 is 0 Å². The highest BCUT2D eigenvalue weighted by atomic mass is 19.4. The first-order valence-electron chi connectivity index (χ1n) is 9.57. The molecule has 11 heteroatoms. The molecular formula is C20H21F3N6O2. The molecule has 2 aromatic rings. The van der Waals surface area contributed by atoms with E-state index < -0.39 is 29.3 Å². The number of imidazole rings is 1. The smallest absolute Gasteiger partial charge is 0.357 e. The van der Waals surface area contributed by atoms with Gasteiger partial charge in [0.25, 0.3) is 0 Å². The van der Waals surface area contributed by atoms with Gasteiger partial charge in [-0.05, 0) is 18.2 Å². The van der Waals surface area contributed by atoms with Crippen LogP contribution in [0.1, 0.15) is 17.5 Å². The van der Waals surface area contributed by atoms with Crippen LogP contribution in [-0.2, 0) is 22.3 Å². The molecule has 8 nitrogen and oxygen atoms in total. The average Bonchev–Trinajstić information content (AvgIpc) is 3.29. The van der Waals surface area contributed by atoms with Gasteiger partial charge in [-0.25, -0.2) is 4.98 Å². The summed E-state index contributed by atoms with van der Waals surface area (Å²) in [4.78, 5) is 32.1. The fraction of sp³-hybridized carbons (Fsp3) is 0.400. The molecule has 1 aliphatic rings. The third-order valence-electron chi connectivity index (χ3n) is 5.19. The number of nitriles is 1. The minimum absolute atomic E-state index is 0.0454. The van der Waals surface area contributed by atoms with Crippen molar-refractivity contribution < 1.29 is 22.8 Å². The second-order valence-electron chi connectivity index (χ2n) is 7.05. The second kappa shape index (κ2) is 9.07.